The summed E-state index contributed by atoms with van der Waals surface area (Å²) in [5.41, 5.74) is 12.4. The Kier molecular flexibility index (Phi) is 7.27. The lowest BCUT2D eigenvalue weighted by Crippen LogP contribution is -2.71. The van der Waals surface area contributed by atoms with Gasteiger partial charge < -0.3 is 4.81 Å². The molecule has 0 saturated carbocycles. The van der Waals surface area contributed by atoms with E-state index in [4.69, 9.17) is 0 Å². The van der Waals surface area contributed by atoms with Crippen LogP contribution in [0.1, 0.15) is 108 Å². The molecule has 2 heterocycles. The molecule has 1 aliphatic rings. The smallest absolute Gasteiger partial charge is 0.338 e. The quantitative estimate of drug-likeness (QED) is 0.235. The Bertz CT molecular complexity index is 1520. The Hall–Kier alpha value is -3.27. The standard InChI is InChI=1S/C36H47BN3/c1-23(2)27-16-14-19-30(36(8,9)10)33(27)37-39-22-21-38(11)35(39)32-26(7)15-12-20-31(32)40(37)34-28(24(3)4)17-13-18-29(34)25(5)6/h12-25H,1-11H3/q+1. The maximum atomic E-state index is 2.70. The summed E-state index contributed by atoms with van der Waals surface area (Å²) in [5, 5.41) is 0. The molecule has 0 saturated heterocycles. The van der Waals surface area contributed by atoms with E-state index in [1.165, 1.54) is 56.0 Å². The number of hydrogen-bond donors (Lipinski definition) is 0. The average molecular weight is 533 g/mol. The third-order valence-electron chi connectivity index (χ3n) is 8.68. The van der Waals surface area contributed by atoms with Gasteiger partial charge in [0, 0.05) is 16.8 Å². The third-order valence-corrected chi connectivity index (χ3v) is 8.68. The number of benzene rings is 3. The Morgan fingerprint density at radius 2 is 1.30 bits per heavy atom. The van der Waals surface area contributed by atoms with Gasteiger partial charge in [-0.05, 0) is 64.0 Å². The Labute approximate surface area is 243 Å². The second-order valence-corrected chi connectivity index (χ2v) is 13.7. The molecule has 4 aromatic rings. The molecule has 0 N–H and O–H groups in total. The first kappa shape index (κ1) is 28.3. The first-order valence-electron chi connectivity index (χ1n) is 15.1. The molecular weight excluding hydrogens is 485 g/mol. The molecule has 1 aromatic heterocycles. The van der Waals surface area contributed by atoms with Gasteiger partial charge in [0.25, 0.3) is 5.82 Å². The van der Waals surface area contributed by atoms with Crippen molar-refractivity contribution in [2.24, 2.45) is 7.05 Å². The first-order chi connectivity index (χ1) is 18.8. The predicted octanol–water partition coefficient (Wildman–Crippen LogP) is 8.35. The molecule has 1 aliphatic heterocycles. The van der Waals surface area contributed by atoms with Gasteiger partial charge in [-0.1, -0.05) is 111 Å². The Morgan fingerprint density at radius 1 is 0.750 bits per heavy atom. The van der Waals surface area contributed by atoms with Crippen LogP contribution in [-0.4, -0.2) is 11.5 Å². The summed E-state index contributed by atoms with van der Waals surface area (Å²) in [4.78, 5) is 2.70. The van der Waals surface area contributed by atoms with Crippen LogP contribution in [0.2, 0.25) is 0 Å². The lowest BCUT2D eigenvalue weighted by molar-refractivity contribution is -0.523. The molecule has 0 radical (unpaired) electrons. The normalized spacial score (nSPS) is 13.4. The second kappa shape index (κ2) is 10.3. The molecule has 5 rings (SSSR count). The highest BCUT2D eigenvalue weighted by atomic mass is 15.2. The van der Waals surface area contributed by atoms with Crippen molar-refractivity contribution >= 4 is 23.8 Å². The zero-order valence-corrected chi connectivity index (χ0v) is 26.5. The minimum absolute atomic E-state index is 0.00721. The minimum Gasteiger partial charge on any atom is -0.338 e. The highest BCUT2D eigenvalue weighted by molar-refractivity contribution is 6.72. The van der Waals surface area contributed by atoms with Crippen LogP contribution in [-0.2, 0) is 12.5 Å². The first-order valence-corrected chi connectivity index (χ1v) is 15.1. The maximum Gasteiger partial charge on any atom is 0.542 e. The van der Waals surface area contributed by atoms with E-state index in [0.717, 1.165) is 0 Å². The molecule has 0 aliphatic carbocycles. The van der Waals surface area contributed by atoms with Crippen LogP contribution in [0.4, 0.5) is 11.4 Å². The number of fused-ring (bicyclic) bond motifs is 3. The van der Waals surface area contributed by atoms with E-state index in [0.29, 0.717) is 17.8 Å². The summed E-state index contributed by atoms with van der Waals surface area (Å²) in [7, 11) is 2.19. The molecule has 40 heavy (non-hydrogen) atoms. The van der Waals surface area contributed by atoms with Gasteiger partial charge in [0.1, 0.15) is 12.4 Å². The van der Waals surface area contributed by atoms with Gasteiger partial charge in [0.05, 0.1) is 12.6 Å². The van der Waals surface area contributed by atoms with Gasteiger partial charge >= 0.3 is 6.98 Å². The zero-order valence-electron chi connectivity index (χ0n) is 26.5. The SMILES string of the molecule is Cc1cccc2c1-c1n(C)cc[n+]1B(c1c(C(C)C)cccc1C(C)(C)C)N2c1c(C(C)C)cccc1C(C)C. The molecular formula is C36H47BN3+. The van der Waals surface area contributed by atoms with Gasteiger partial charge in [-0.15, -0.1) is 0 Å². The molecule has 0 amide bonds. The molecule has 0 fully saturated rings. The fraction of sp³-hybridized carbons (Fsp3) is 0.417. The van der Waals surface area contributed by atoms with Gasteiger partial charge in [0.15, 0.2) is 0 Å². The maximum absolute atomic E-state index is 2.70. The van der Waals surface area contributed by atoms with Crippen LogP contribution >= 0.6 is 0 Å². The molecule has 0 unspecified atom stereocenters. The summed E-state index contributed by atoms with van der Waals surface area (Å²) < 4.78 is 4.86. The molecule has 4 heteroatoms. The monoisotopic (exact) mass is 532 g/mol. The molecule has 3 nitrogen and oxygen atoms in total. The fourth-order valence-corrected chi connectivity index (χ4v) is 6.73. The molecule has 208 valence electrons. The summed E-state index contributed by atoms with van der Waals surface area (Å²) in [5.74, 6) is 2.45. The van der Waals surface area contributed by atoms with E-state index in [1.807, 2.05) is 0 Å². The highest BCUT2D eigenvalue weighted by Crippen LogP contribution is 2.45. The number of nitrogens with zero attached hydrogens (tertiary/aromatic N) is 3. The van der Waals surface area contributed by atoms with Crippen molar-refractivity contribution in [3.63, 3.8) is 0 Å². The van der Waals surface area contributed by atoms with Crippen LogP contribution in [0.3, 0.4) is 0 Å². The molecule has 3 aromatic carbocycles. The Morgan fingerprint density at radius 3 is 1.88 bits per heavy atom. The van der Waals surface area contributed by atoms with Crippen molar-refractivity contribution in [3.05, 3.63) is 94.8 Å². The van der Waals surface area contributed by atoms with Crippen LogP contribution in [0, 0.1) is 6.92 Å². The van der Waals surface area contributed by atoms with Crippen LogP contribution in [0.15, 0.2) is 67.0 Å². The lowest BCUT2D eigenvalue weighted by Gasteiger charge is -2.40. The van der Waals surface area contributed by atoms with Gasteiger partial charge in [-0.2, -0.15) is 0 Å². The molecule has 0 spiro atoms. The van der Waals surface area contributed by atoms with Crippen molar-refractivity contribution in [1.82, 2.24) is 4.57 Å². The number of aryl methyl sites for hydroxylation is 2. The topological polar surface area (TPSA) is 12.0 Å². The number of para-hydroxylation sites is 1. The van der Waals surface area contributed by atoms with Crippen molar-refractivity contribution in [2.75, 3.05) is 4.81 Å². The van der Waals surface area contributed by atoms with E-state index in [2.05, 4.69) is 157 Å². The van der Waals surface area contributed by atoms with Crippen LogP contribution in [0.5, 0.6) is 0 Å². The van der Waals surface area contributed by atoms with Gasteiger partial charge in [-0.25, -0.2) is 4.57 Å². The number of hydrogen-bond acceptors (Lipinski definition) is 1. The van der Waals surface area contributed by atoms with Crippen LogP contribution in [0.25, 0.3) is 11.4 Å². The van der Waals surface area contributed by atoms with E-state index in [1.54, 1.807) is 0 Å². The fourth-order valence-electron chi connectivity index (χ4n) is 6.73. The van der Waals surface area contributed by atoms with E-state index >= 15 is 0 Å². The van der Waals surface area contributed by atoms with E-state index < -0.39 is 0 Å². The largest absolute Gasteiger partial charge is 0.542 e. The summed E-state index contributed by atoms with van der Waals surface area (Å²) >= 11 is 0. The minimum atomic E-state index is -0.0178. The highest BCUT2D eigenvalue weighted by Gasteiger charge is 2.49. The van der Waals surface area contributed by atoms with E-state index in [-0.39, 0.29) is 12.4 Å². The number of imidazole rings is 1. The van der Waals surface area contributed by atoms with Crippen molar-refractivity contribution in [2.45, 2.75) is 92.4 Å². The van der Waals surface area contributed by atoms with Crippen molar-refractivity contribution in [3.8, 4) is 11.4 Å². The van der Waals surface area contributed by atoms with E-state index in [9.17, 15) is 0 Å². The Balaban J connectivity index is 2.01. The van der Waals surface area contributed by atoms with Crippen molar-refractivity contribution < 1.29 is 4.48 Å². The number of aromatic nitrogens is 2. The third kappa shape index (κ3) is 4.50. The molecule has 0 bridgehead atoms. The second-order valence-electron chi connectivity index (χ2n) is 13.7. The number of rotatable bonds is 5. The summed E-state index contributed by atoms with van der Waals surface area (Å²) in [6.45, 7) is 23.4. The van der Waals surface area contributed by atoms with Crippen LogP contribution < -0.4 is 14.8 Å². The summed E-state index contributed by atoms with van der Waals surface area (Å²) in [6.07, 6.45) is 4.54. The average Bonchev–Trinajstić information content (AvgIpc) is 3.27. The van der Waals surface area contributed by atoms with Gasteiger partial charge in [0.2, 0.25) is 0 Å². The lowest BCUT2D eigenvalue weighted by atomic mass is 9.56. The van der Waals surface area contributed by atoms with Gasteiger partial charge in [-0.3, -0.25) is 4.48 Å². The zero-order chi connectivity index (χ0) is 29.1. The predicted molar refractivity (Wildman–Crippen MR) is 173 cm³/mol. The molecule has 0 atom stereocenters. The number of anilines is 2. The van der Waals surface area contributed by atoms with Crippen molar-refractivity contribution in [1.29, 1.82) is 0 Å². The summed E-state index contributed by atoms with van der Waals surface area (Å²) in [6, 6.07) is 20.8.